The van der Waals surface area contributed by atoms with Crippen molar-refractivity contribution in [3.05, 3.63) is 126 Å². The van der Waals surface area contributed by atoms with Gasteiger partial charge in [-0.25, -0.2) is 14.5 Å². The number of anilines is 2. The first-order valence-electron chi connectivity index (χ1n) is 12.1. The molecule has 0 saturated heterocycles. The van der Waals surface area contributed by atoms with Crippen molar-refractivity contribution in [2.24, 2.45) is 0 Å². The van der Waals surface area contributed by atoms with Crippen molar-refractivity contribution in [1.82, 2.24) is 10.2 Å². The van der Waals surface area contributed by atoms with Crippen LogP contribution in [0.15, 0.2) is 109 Å². The zero-order chi connectivity index (χ0) is 26.5. The minimum absolute atomic E-state index is 0.402. The Balaban J connectivity index is 1.56. The molecule has 0 aromatic heterocycles. The molecule has 38 heavy (non-hydrogen) atoms. The summed E-state index contributed by atoms with van der Waals surface area (Å²) >= 11 is 0. The number of urea groups is 2. The van der Waals surface area contributed by atoms with Crippen molar-refractivity contribution in [1.29, 1.82) is 0 Å². The maximum Gasteiger partial charge on any atom is 0.329 e. The average molecular weight is 507 g/mol. The van der Waals surface area contributed by atoms with Crippen LogP contribution in [0.1, 0.15) is 33.6 Å². The number of benzene rings is 4. The topological polar surface area (TPSA) is 99.8 Å². The van der Waals surface area contributed by atoms with Gasteiger partial charge >= 0.3 is 12.1 Å². The SMILES string of the molecule is COc1cccc(C(NC(=O)Nc2ccccc2)C2c3ccccc3C(=O)N2C(=O)Nc2ccccc2)c1. The molecule has 190 valence electrons. The third-order valence-corrected chi connectivity index (χ3v) is 6.34. The minimum Gasteiger partial charge on any atom is -0.497 e. The Morgan fingerprint density at radius 1 is 0.789 bits per heavy atom. The van der Waals surface area contributed by atoms with Crippen LogP contribution in [0.3, 0.4) is 0 Å². The number of carbonyl (C=O) groups excluding carboxylic acids is 3. The molecule has 0 bridgehead atoms. The fourth-order valence-corrected chi connectivity index (χ4v) is 4.61. The molecule has 2 atom stereocenters. The maximum atomic E-state index is 13.6. The molecular weight excluding hydrogens is 480 g/mol. The van der Waals surface area contributed by atoms with Gasteiger partial charge in [-0.3, -0.25) is 4.79 Å². The lowest BCUT2D eigenvalue weighted by Gasteiger charge is -2.32. The molecule has 5 amide bonds. The lowest BCUT2D eigenvalue weighted by molar-refractivity contribution is 0.0770. The van der Waals surface area contributed by atoms with E-state index < -0.39 is 30.1 Å². The van der Waals surface area contributed by atoms with Crippen LogP contribution >= 0.6 is 0 Å². The quantitative estimate of drug-likeness (QED) is 0.299. The number of fused-ring (bicyclic) bond motifs is 1. The third-order valence-electron chi connectivity index (χ3n) is 6.34. The van der Waals surface area contributed by atoms with E-state index in [0.717, 1.165) is 0 Å². The van der Waals surface area contributed by atoms with Crippen LogP contribution in [0.5, 0.6) is 5.75 Å². The van der Waals surface area contributed by atoms with Crippen molar-refractivity contribution >= 4 is 29.3 Å². The number of imide groups is 1. The van der Waals surface area contributed by atoms with Gasteiger partial charge in [0.1, 0.15) is 5.75 Å². The number of rotatable bonds is 6. The first-order chi connectivity index (χ1) is 18.5. The molecule has 0 radical (unpaired) electrons. The normalized spacial score (nSPS) is 14.8. The van der Waals surface area contributed by atoms with Crippen LogP contribution in [0, 0.1) is 0 Å². The molecule has 1 heterocycles. The van der Waals surface area contributed by atoms with E-state index in [-0.39, 0.29) is 0 Å². The summed E-state index contributed by atoms with van der Waals surface area (Å²) in [6.07, 6.45) is 0. The summed E-state index contributed by atoms with van der Waals surface area (Å²) in [7, 11) is 1.55. The Hall–Kier alpha value is -5.11. The summed E-state index contributed by atoms with van der Waals surface area (Å²) in [6.45, 7) is 0. The fraction of sp³-hybridized carbons (Fsp3) is 0.100. The Morgan fingerprint density at radius 3 is 2.11 bits per heavy atom. The zero-order valence-electron chi connectivity index (χ0n) is 20.6. The molecule has 8 nitrogen and oxygen atoms in total. The van der Waals surface area contributed by atoms with Gasteiger partial charge in [-0.1, -0.05) is 66.7 Å². The number of amides is 5. The second-order valence-electron chi connectivity index (χ2n) is 8.72. The van der Waals surface area contributed by atoms with Gasteiger partial charge in [0.2, 0.25) is 0 Å². The van der Waals surface area contributed by atoms with E-state index in [9.17, 15) is 14.4 Å². The number of hydrogen-bond donors (Lipinski definition) is 3. The van der Waals surface area contributed by atoms with E-state index in [1.54, 1.807) is 79.9 Å². The summed E-state index contributed by atoms with van der Waals surface area (Å²) in [5, 5.41) is 8.65. The maximum absolute atomic E-state index is 13.6. The van der Waals surface area contributed by atoms with Gasteiger partial charge in [-0.15, -0.1) is 0 Å². The van der Waals surface area contributed by atoms with Crippen LogP contribution < -0.4 is 20.7 Å². The summed E-state index contributed by atoms with van der Waals surface area (Å²) < 4.78 is 5.42. The molecule has 0 fully saturated rings. The molecule has 2 unspecified atom stereocenters. The summed E-state index contributed by atoms with van der Waals surface area (Å²) in [5.74, 6) is 0.132. The van der Waals surface area contributed by atoms with E-state index >= 15 is 0 Å². The first kappa shape index (κ1) is 24.6. The van der Waals surface area contributed by atoms with Gasteiger partial charge in [0.05, 0.1) is 19.2 Å². The summed E-state index contributed by atoms with van der Waals surface area (Å²) in [6, 6.07) is 29.5. The predicted octanol–water partition coefficient (Wildman–Crippen LogP) is 5.99. The highest BCUT2D eigenvalue weighted by Crippen LogP contribution is 2.43. The van der Waals surface area contributed by atoms with Crippen molar-refractivity contribution in [3.63, 3.8) is 0 Å². The molecule has 0 aliphatic carbocycles. The smallest absolute Gasteiger partial charge is 0.329 e. The van der Waals surface area contributed by atoms with Crippen LogP contribution in [-0.2, 0) is 0 Å². The number of ether oxygens (including phenoxy) is 1. The Morgan fingerprint density at radius 2 is 1.42 bits per heavy atom. The lowest BCUT2D eigenvalue weighted by atomic mass is 9.93. The number of methoxy groups -OCH3 is 1. The second kappa shape index (κ2) is 10.9. The largest absolute Gasteiger partial charge is 0.497 e. The molecule has 4 aromatic rings. The number of nitrogens with zero attached hydrogens (tertiary/aromatic N) is 1. The number of carbonyl (C=O) groups is 3. The van der Waals surface area contributed by atoms with Crippen LogP contribution in [0.2, 0.25) is 0 Å². The number of nitrogens with one attached hydrogen (secondary N) is 3. The molecule has 4 aromatic carbocycles. The van der Waals surface area contributed by atoms with E-state index in [2.05, 4.69) is 16.0 Å². The standard InChI is InChI=1S/C30H26N4O4/c1-38-23-16-10-11-20(19-23)26(33-29(36)31-21-12-4-2-5-13-21)27-24-17-8-9-18-25(24)28(35)34(27)30(37)32-22-14-6-3-7-15-22/h2-19,26-27H,1H3,(H,32,37)(H2,31,33,36). The fourth-order valence-electron chi connectivity index (χ4n) is 4.61. The Kier molecular flexibility index (Phi) is 7.04. The Bertz CT molecular complexity index is 1460. The van der Waals surface area contributed by atoms with E-state index in [0.29, 0.717) is 33.8 Å². The highest BCUT2D eigenvalue weighted by atomic mass is 16.5. The van der Waals surface area contributed by atoms with Gasteiger partial charge in [0.15, 0.2) is 0 Å². The molecular formula is C30H26N4O4. The van der Waals surface area contributed by atoms with Crippen molar-refractivity contribution in [3.8, 4) is 5.75 Å². The molecule has 1 aliphatic heterocycles. The highest BCUT2D eigenvalue weighted by Gasteiger charge is 2.45. The second-order valence-corrected chi connectivity index (χ2v) is 8.72. The molecule has 0 saturated carbocycles. The minimum atomic E-state index is -0.823. The van der Waals surface area contributed by atoms with Crippen LogP contribution in [0.25, 0.3) is 0 Å². The number of para-hydroxylation sites is 2. The molecule has 8 heteroatoms. The molecule has 1 aliphatic rings. The molecule has 3 N–H and O–H groups in total. The van der Waals surface area contributed by atoms with Gasteiger partial charge in [0, 0.05) is 16.9 Å². The first-order valence-corrected chi connectivity index (χ1v) is 12.1. The molecule has 5 rings (SSSR count). The molecule has 0 spiro atoms. The third kappa shape index (κ3) is 5.05. The van der Waals surface area contributed by atoms with Gasteiger partial charge in [-0.2, -0.15) is 0 Å². The Labute approximate surface area is 220 Å². The lowest BCUT2D eigenvalue weighted by Crippen LogP contribution is -2.45. The highest BCUT2D eigenvalue weighted by molar-refractivity contribution is 6.11. The van der Waals surface area contributed by atoms with E-state index in [4.69, 9.17) is 4.74 Å². The average Bonchev–Trinajstić information content (AvgIpc) is 3.25. The monoisotopic (exact) mass is 506 g/mol. The number of hydrogen-bond acceptors (Lipinski definition) is 4. The predicted molar refractivity (Wildman–Crippen MR) is 145 cm³/mol. The van der Waals surface area contributed by atoms with Crippen molar-refractivity contribution < 1.29 is 19.1 Å². The van der Waals surface area contributed by atoms with Crippen molar-refractivity contribution in [2.45, 2.75) is 12.1 Å². The van der Waals surface area contributed by atoms with Gasteiger partial charge in [0.25, 0.3) is 5.91 Å². The zero-order valence-corrected chi connectivity index (χ0v) is 20.6. The van der Waals surface area contributed by atoms with Crippen molar-refractivity contribution in [2.75, 3.05) is 17.7 Å². The van der Waals surface area contributed by atoms with E-state index in [1.165, 1.54) is 4.90 Å². The summed E-state index contributed by atoms with van der Waals surface area (Å²) in [5.41, 5.74) is 2.86. The van der Waals surface area contributed by atoms with Crippen LogP contribution in [0.4, 0.5) is 21.0 Å². The van der Waals surface area contributed by atoms with E-state index in [1.807, 2.05) is 36.4 Å². The summed E-state index contributed by atoms with van der Waals surface area (Å²) in [4.78, 5) is 41.5. The van der Waals surface area contributed by atoms with Gasteiger partial charge < -0.3 is 20.7 Å². The van der Waals surface area contributed by atoms with Crippen LogP contribution in [-0.4, -0.2) is 30.0 Å². The van der Waals surface area contributed by atoms with Gasteiger partial charge in [-0.05, 0) is 53.6 Å².